The van der Waals surface area contributed by atoms with Crippen LogP contribution in [0.5, 0.6) is 0 Å². The van der Waals surface area contributed by atoms with Crippen LogP contribution < -0.4 is 16.0 Å². The second kappa shape index (κ2) is 5.24. The highest BCUT2D eigenvalue weighted by molar-refractivity contribution is 6.08. The lowest BCUT2D eigenvalue weighted by molar-refractivity contribution is -0.125. The lowest BCUT2D eigenvalue weighted by Gasteiger charge is -2.28. The fraction of sp³-hybridized carbons (Fsp3) is 0.133. The van der Waals surface area contributed by atoms with Gasteiger partial charge in [-0.05, 0) is 24.3 Å². The van der Waals surface area contributed by atoms with E-state index in [4.69, 9.17) is 5.73 Å². The standard InChI is InChI=1S/C15H14N4O2/c16-11-7-4-8-17-14(11)19(10-5-2-1-3-6-10)12-9-13(20)18-15(12)21/h1-8,12H,9,16H2,(H,18,20,21). The average molecular weight is 282 g/mol. The number of hydrogen-bond donors (Lipinski definition) is 2. The summed E-state index contributed by atoms with van der Waals surface area (Å²) in [6.07, 6.45) is 1.69. The zero-order valence-corrected chi connectivity index (χ0v) is 11.2. The second-order valence-electron chi connectivity index (χ2n) is 4.75. The minimum absolute atomic E-state index is 0.0870. The molecule has 1 aliphatic rings. The van der Waals surface area contributed by atoms with Crippen molar-refractivity contribution in [2.45, 2.75) is 12.5 Å². The molecule has 0 saturated carbocycles. The topological polar surface area (TPSA) is 88.3 Å². The van der Waals surface area contributed by atoms with Gasteiger partial charge in [0, 0.05) is 11.9 Å². The van der Waals surface area contributed by atoms with Gasteiger partial charge in [-0.2, -0.15) is 0 Å². The first-order chi connectivity index (χ1) is 10.2. The van der Waals surface area contributed by atoms with Crippen LogP contribution in [0, 0.1) is 0 Å². The third kappa shape index (κ3) is 2.43. The molecule has 3 N–H and O–H groups in total. The Labute approximate surface area is 121 Å². The fourth-order valence-electron chi connectivity index (χ4n) is 2.40. The number of nitrogens with one attached hydrogen (secondary N) is 1. The van der Waals surface area contributed by atoms with Crippen LogP contribution >= 0.6 is 0 Å². The molecule has 1 unspecified atom stereocenters. The molecule has 6 heteroatoms. The predicted octanol–water partition coefficient (Wildman–Crippen LogP) is 1.22. The van der Waals surface area contributed by atoms with Gasteiger partial charge in [-0.15, -0.1) is 0 Å². The smallest absolute Gasteiger partial charge is 0.250 e. The first-order valence-electron chi connectivity index (χ1n) is 6.55. The molecule has 1 aromatic carbocycles. The maximum absolute atomic E-state index is 12.0. The molecule has 0 radical (unpaired) electrons. The number of pyridine rings is 1. The minimum Gasteiger partial charge on any atom is -0.396 e. The van der Waals surface area contributed by atoms with E-state index in [1.165, 1.54) is 0 Å². The number of carbonyl (C=O) groups excluding carboxylic acids is 2. The Morgan fingerprint density at radius 2 is 1.90 bits per heavy atom. The molecule has 1 fully saturated rings. The van der Waals surface area contributed by atoms with Gasteiger partial charge >= 0.3 is 0 Å². The van der Waals surface area contributed by atoms with Crippen LogP contribution in [0.2, 0.25) is 0 Å². The molecule has 3 rings (SSSR count). The fourth-order valence-corrected chi connectivity index (χ4v) is 2.40. The molecular formula is C15H14N4O2. The number of carbonyl (C=O) groups is 2. The largest absolute Gasteiger partial charge is 0.396 e. The maximum Gasteiger partial charge on any atom is 0.250 e. The maximum atomic E-state index is 12.0. The summed E-state index contributed by atoms with van der Waals surface area (Å²) < 4.78 is 0. The molecule has 2 amide bonds. The average Bonchev–Trinajstić information content (AvgIpc) is 2.81. The first-order valence-corrected chi connectivity index (χ1v) is 6.55. The lowest BCUT2D eigenvalue weighted by atomic mass is 10.1. The van der Waals surface area contributed by atoms with Crippen LogP contribution in [0.4, 0.5) is 17.2 Å². The zero-order chi connectivity index (χ0) is 14.8. The molecule has 2 aromatic rings. The van der Waals surface area contributed by atoms with Gasteiger partial charge in [0.2, 0.25) is 11.8 Å². The lowest BCUT2D eigenvalue weighted by Crippen LogP contribution is -2.38. The zero-order valence-electron chi connectivity index (χ0n) is 11.2. The van der Waals surface area contributed by atoms with Crippen LogP contribution in [0.15, 0.2) is 48.7 Å². The predicted molar refractivity (Wildman–Crippen MR) is 78.8 cm³/mol. The van der Waals surface area contributed by atoms with Gasteiger partial charge in [0.25, 0.3) is 0 Å². The normalized spacial score (nSPS) is 17.6. The van der Waals surface area contributed by atoms with Crippen molar-refractivity contribution in [3.05, 3.63) is 48.7 Å². The first kappa shape index (κ1) is 13.1. The van der Waals surface area contributed by atoms with Crippen molar-refractivity contribution in [3.8, 4) is 0 Å². The third-order valence-corrected chi connectivity index (χ3v) is 3.34. The number of nitrogens with zero attached hydrogens (tertiary/aromatic N) is 2. The van der Waals surface area contributed by atoms with Crippen molar-refractivity contribution in [1.29, 1.82) is 0 Å². The SMILES string of the molecule is Nc1cccnc1N(c1ccccc1)C1CC(=O)NC1=O. The summed E-state index contributed by atoms with van der Waals surface area (Å²) in [4.78, 5) is 29.5. The molecular weight excluding hydrogens is 268 g/mol. The molecule has 0 aliphatic carbocycles. The van der Waals surface area contributed by atoms with E-state index in [1.54, 1.807) is 23.2 Å². The van der Waals surface area contributed by atoms with Crippen molar-refractivity contribution in [2.24, 2.45) is 0 Å². The number of amides is 2. The summed E-state index contributed by atoms with van der Waals surface area (Å²) in [6, 6.07) is 12.1. The minimum atomic E-state index is -0.642. The van der Waals surface area contributed by atoms with Crippen molar-refractivity contribution in [1.82, 2.24) is 10.3 Å². The highest BCUT2D eigenvalue weighted by Gasteiger charge is 2.37. The van der Waals surface area contributed by atoms with E-state index in [-0.39, 0.29) is 18.2 Å². The number of nitrogen functional groups attached to an aromatic ring is 1. The Kier molecular flexibility index (Phi) is 3.27. The van der Waals surface area contributed by atoms with Gasteiger partial charge in [-0.25, -0.2) is 4.98 Å². The van der Waals surface area contributed by atoms with E-state index in [2.05, 4.69) is 10.3 Å². The Morgan fingerprint density at radius 1 is 1.14 bits per heavy atom. The Balaban J connectivity index is 2.10. The van der Waals surface area contributed by atoms with E-state index >= 15 is 0 Å². The summed E-state index contributed by atoms with van der Waals surface area (Å²) >= 11 is 0. The van der Waals surface area contributed by atoms with Crippen LogP contribution in [-0.4, -0.2) is 22.8 Å². The molecule has 1 atom stereocenters. The molecule has 1 aromatic heterocycles. The van der Waals surface area contributed by atoms with E-state index < -0.39 is 6.04 Å². The Bertz CT molecular complexity index is 687. The molecule has 0 spiro atoms. The quantitative estimate of drug-likeness (QED) is 0.826. The Hall–Kier alpha value is -2.89. The summed E-state index contributed by atoms with van der Waals surface area (Å²) in [5.74, 6) is -0.159. The second-order valence-corrected chi connectivity index (χ2v) is 4.75. The Morgan fingerprint density at radius 3 is 2.52 bits per heavy atom. The van der Waals surface area contributed by atoms with Gasteiger partial charge < -0.3 is 10.6 Å². The van der Waals surface area contributed by atoms with E-state index in [0.29, 0.717) is 11.5 Å². The number of para-hydroxylation sites is 1. The van der Waals surface area contributed by atoms with E-state index in [1.807, 2.05) is 30.3 Å². The van der Waals surface area contributed by atoms with Crippen molar-refractivity contribution < 1.29 is 9.59 Å². The van der Waals surface area contributed by atoms with Crippen molar-refractivity contribution >= 4 is 29.0 Å². The molecule has 0 bridgehead atoms. The molecule has 106 valence electrons. The number of nitrogens with two attached hydrogens (primary N) is 1. The number of anilines is 3. The van der Waals surface area contributed by atoms with Gasteiger partial charge in [-0.3, -0.25) is 14.9 Å². The van der Waals surface area contributed by atoms with Crippen molar-refractivity contribution in [2.75, 3.05) is 10.6 Å². The molecule has 1 aliphatic heterocycles. The monoisotopic (exact) mass is 282 g/mol. The summed E-state index contributed by atoms with van der Waals surface area (Å²) in [6.45, 7) is 0. The van der Waals surface area contributed by atoms with Crippen LogP contribution in [0.3, 0.4) is 0 Å². The van der Waals surface area contributed by atoms with Crippen LogP contribution in [0.25, 0.3) is 0 Å². The molecule has 21 heavy (non-hydrogen) atoms. The molecule has 6 nitrogen and oxygen atoms in total. The van der Waals surface area contributed by atoms with Crippen molar-refractivity contribution in [3.63, 3.8) is 0 Å². The van der Waals surface area contributed by atoms with E-state index in [0.717, 1.165) is 5.69 Å². The molecule has 1 saturated heterocycles. The summed E-state index contributed by atoms with van der Waals surface area (Å²) in [7, 11) is 0. The highest BCUT2D eigenvalue weighted by atomic mass is 16.2. The van der Waals surface area contributed by atoms with Gasteiger partial charge in [0.15, 0.2) is 5.82 Å². The van der Waals surface area contributed by atoms with Gasteiger partial charge in [-0.1, -0.05) is 18.2 Å². The number of imide groups is 1. The third-order valence-electron chi connectivity index (χ3n) is 3.34. The van der Waals surface area contributed by atoms with Gasteiger partial charge in [0.1, 0.15) is 6.04 Å². The highest BCUT2D eigenvalue weighted by Crippen LogP contribution is 2.32. The number of aromatic nitrogens is 1. The van der Waals surface area contributed by atoms with Crippen LogP contribution in [0.1, 0.15) is 6.42 Å². The van der Waals surface area contributed by atoms with Gasteiger partial charge in [0.05, 0.1) is 12.1 Å². The number of benzene rings is 1. The van der Waals surface area contributed by atoms with E-state index in [9.17, 15) is 9.59 Å². The number of hydrogen-bond acceptors (Lipinski definition) is 5. The summed E-state index contributed by atoms with van der Waals surface area (Å²) in [5, 5.41) is 2.32. The van der Waals surface area contributed by atoms with Crippen LogP contribution in [-0.2, 0) is 9.59 Å². The number of rotatable bonds is 3. The molecule has 2 heterocycles. The summed E-state index contributed by atoms with van der Waals surface area (Å²) in [5.41, 5.74) is 7.20.